The van der Waals surface area contributed by atoms with Gasteiger partial charge in [0, 0.05) is 24.0 Å². The van der Waals surface area contributed by atoms with Crippen LogP contribution in [0, 0.1) is 12.8 Å². The van der Waals surface area contributed by atoms with Crippen LogP contribution in [0.3, 0.4) is 0 Å². The fourth-order valence-electron chi connectivity index (χ4n) is 4.27. The smallest absolute Gasteiger partial charge is 0.407 e. The lowest BCUT2D eigenvalue weighted by atomic mass is 9.91. The first-order valence-electron chi connectivity index (χ1n) is 10.3. The number of aromatic nitrogens is 1. The molecular weight excluding hydrogens is 356 g/mol. The molecule has 1 aromatic carbocycles. The second kappa shape index (κ2) is 8.25. The first-order valence-corrected chi connectivity index (χ1v) is 10.3. The fourth-order valence-corrected chi connectivity index (χ4v) is 4.27. The lowest BCUT2D eigenvalue weighted by Gasteiger charge is -2.29. The predicted molar refractivity (Wildman–Crippen MR) is 107 cm³/mol. The number of hydrogen-bond acceptors (Lipinski definition) is 4. The molecule has 2 aliphatic rings. The maximum absolute atomic E-state index is 11.0. The highest BCUT2D eigenvalue weighted by Crippen LogP contribution is 2.32. The van der Waals surface area contributed by atoms with Gasteiger partial charge in [0.1, 0.15) is 11.9 Å². The van der Waals surface area contributed by atoms with Crippen LogP contribution < -0.4 is 4.74 Å². The molecule has 1 saturated heterocycles. The molecule has 1 unspecified atom stereocenters. The number of allylic oxidation sites excluding steroid dienone is 1. The van der Waals surface area contributed by atoms with Crippen molar-refractivity contribution in [1.82, 2.24) is 10.1 Å². The number of carbonyl (C=O) groups is 1. The van der Waals surface area contributed by atoms with Crippen LogP contribution in [0.2, 0.25) is 0 Å². The highest BCUT2D eigenvalue weighted by Gasteiger charge is 2.23. The second-order valence-electron chi connectivity index (χ2n) is 7.96. The molecule has 0 radical (unpaired) electrons. The molecule has 150 valence electrons. The molecular formula is C22H28N2O4. The number of nitrogens with zero attached hydrogens (tertiary/aromatic N) is 2. The number of likely N-dealkylation sites (tertiary alicyclic amines) is 1. The molecule has 1 aliphatic carbocycles. The van der Waals surface area contributed by atoms with Crippen molar-refractivity contribution in [3.63, 3.8) is 0 Å². The highest BCUT2D eigenvalue weighted by atomic mass is 16.5. The summed E-state index contributed by atoms with van der Waals surface area (Å²) in [6.45, 7) is 3.30. The van der Waals surface area contributed by atoms with Gasteiger partial charge in [0.15, 0.2) is 5.58 Å². The number of fused-ring (bicyclic) bond motifs is 1. The summed E-state index contributed by atoms with van der Waals surface area (Å²) in [6, 6.07) is 4.09. The summed E-state index contributed by atoms with van der Waals surface area (Å²) in [6.07, 6.45) is 10.7. The van der Waals surface area contributed by atoms with Crippen molar-refractivity contribution in [3.05, 3.63) is 35.5 Å². The Morgan fingerprint density at radius 1 is 1.32 bits per heavy atom. The minimum absolute atomic E-state index is 0.143. The second-order valence-corrected chi connectivity index (χ2v) is 7.96. The zero-order valence-electron chi connectivity index (χ0n) is 16.4. The minimum atomic E-state index is -0.807. The zero-order valence-corrected chi connectivity index (χ0v) is 16.4. The summed E-state index contributed by atoms with van der Waals surface area (Å²) in [7, 11) is 0. The maximum atomic E-state index is 11.0. The van der Waals surface area contributed by atoms with Gasteiger partial charge in [0.25, 0.3) is 0 Å². The number of benzene rings is 1. The number of aryl methyl sites for hydroxylation is 2. The SMILES string of the molecule is Cc1c(OC2C=CCCC2)ccc2c(CCC3CCN(C(=O)O)CC3)noc12. The van der Waals surface area contributed by atoms with Gasteiger partial charge < -0.3 is 19.3 Å². The van der Waals surface area contributed by atoms with Crippen LogP contribution >= 0.6 is 0 Å². The van der Waals surface area contributed by atoms with Gasteiger partial charge in [-0.05, 0) is 76.0 Å². The van der Waals surface area contributed by atoms with Crippen LogP contribution in [-0.4, -0.2) is 40.4 Å². The van der Waals surface area contributed by atoms with Crippen molar-refractivity contribution < 1.29 is 19.2 Å². The number of carboxylic acid groups (broad SMARTS) is 1. The van der Waals surface area contributed by atoms with Crippen LogP contribution in [0.5, 0.6) is 5.75 Å². The van der Waals surface area contributed by atoms with E-state index in [0.29, 0.717) is 19.0 Å². The summed E-state index contributed by atoms with van der Waals surface area (Å²) >= 11 is 0. The van der Waals surface area contributed by atoms with E-state index in [9.17, 15) is 4.79 Å². The Hall–Kier alpha value is -2.50. The summed E-state index contributed by atoms with van der Waals surface area (Å²) in [5.41, 5.74) is 2.81. The Kier molecular flexibility index (Phi) is 5.55. The molecule has 28 heavy (non-hydrogen) atoms. The van der Waals surface area contributed by atoms with E-state index in [1.165, 1.54) is 11.3 Å². The van der Waals surface area contributed by atoms with Crippen molar-refractivity contribution in [2.75, 3.05) is 13.1 Å². The summed E-state index contributed by atoms with van der Waals surface area (Å²) in [5.74, 6) is 1.41. The molecule has 1 fully saturated rings. The molecule has 2 aromatic rings. The molecule has 0 spiro atoms. The number of ether oxygens (including phenoxy) is 1. The first-order chi connectivity index (χ1) is 13.6. The van der Waals surface area contributed by atoms with Gasteiger partial charge in [0.05, 0.1) is 5.69 Å². The molecule has 2 heterocycles. The molecule has 4 rings (SSSR count). The van der Waals surface area contributed by atoms with Crippen LogP contribution in [0.15, 0.2) is 28.8 Å². The quantitative estimate of drug-likeness (QED) is 0.739. The molecule has 1 atom stereocenters. The molecule has 0 saturated carbocycles. The summed E-state index contributed by atoms with van der Waals surface area (Å²) in [4.78, 5) is 12.5. The topological polar surface area (TPSA) is 75.8 Å². The van der Waals surface area contributed by atoms with Gasteiger partial charge in [-0.15, -0.1) is 0 Å². The lowest BCUT2D eigenvalue weighted by molar-refractivity contribution is 0.123. The van der Waals surface area contributed by atoms with Crippen LogP contribution in [-0.2, 0) is 6.42 Å². The standard InChI is InChI=1S/C22H28N2O4/c1-15-20(27-17-5-3-2-4-6-17)10-8-18-19(23-28-21(15)18)9-7-16-11-13-24(14-12-16)22(25)26/h3,5,8,10,16-17H,2,4,6-7,9,11-14H2,1H3,(H,25,26). The van der Waals surface area contributed by atoms with Crippen LogP contribution in [0.4, 0.5) is 4.79 Å². The summed E-state index contributed by atoms with van der Waals surface area (Å²) in [5, 5.41) is 14.4. The average Bonchev–Trinajstić information content (AvgIpc) is 3.13. The number of rotatable bonds is 5. The number of hydrogen-bond donors (Lipinski definition) is 1. The highest BCUT2D eigenvalue weighted by molar-refractivity contribution is 5.84. The van der Waals surface area contributed by atoms with Crippen molar-refractivity contribution in [2.24, 2.45) is 5.92 Å². The predicted octanol–water partition coefficient (Wildman–Crippen LogP) is 4.95. The Morgan fingerprint density at radius 2 is 2.14 bits per heavy atom. The molecule has 0 bridgehead atoms. The van der Waals surface area contributed by atoms with E-state index >= 15 is 0 Å². The van der Waals surface area contributed by atoms with Crippen LogP contribution in [0.25, 0.3) is 11.0 Å². The number of piperidine rings is 1. The Balaban J connectivity index is 1.40. The van der Waals surface area contributed by atoms with Gasteiger partial charge in [-0.3, -0.25) is 0 Å². The minimum Gasteiger partial charge on any atom is -0.486 e. The van der Waals surface area contributed by atoms with E-state index in [0.717, 1.165) is 66.5 Å². The molecule has 1 N–H and O–H groups in total. The van der Waals surface area contributed by atoms with Crippen molar-refractivity contribution in [2.45, 2.75) is 58.0 Å². The lowest BCUT2D eigenvalue weighted by Crippen LogP contribution is -2.37. The van der Waals surface area contributed by atoms with Gasteiger partial charge in [0.2, 0.25) is 0 Å². The number of amides is 1. The van der Waals surface area contributed by atoms with Crippen molar-refractivity contribution in [1.29, 1.82) is 0 Å². The van der Waals surface area contributed by atoms with Crippen molar-refractivity contribution >= 4 is 17.1 Å². The van der Waals surface area contributed by atoms with E-state index in [1.807, 2.05) is 13.0 Å². The molecule has 1 amide bonds. The fraction of sp³-hybridized carbons (Fsp3) is 0.545. The summed E-state index contributed by atoms with van der Waals surface area (Å²) < 4.78 is 11.8. The molecule has 6 nitrogen and oxygen atoms in total. The monoisotopic (exact) mass is 384 g/mol. The third kappa shape index (κ3) is 4.01. The van der Waals surface area contributed by atoms with E-state index in [2.05, 4.69) is 23.4 Å². The Morgan fingerprint density at radius 3 is 2.86 bits per heavy atom. The third-order valence-corrected chi connectivity index (χ3v) is 6.08. The van der Waals surface area contributed by atoms with E-state index < -0.39 is 6.09 Å². The van der Waals surface area contributed by atoms with E-state index in [-0.39, 0.29) is 6.10 Å². The van der Waals surface area contributed by atoms with Gasteiger partial charge in [-0.2, -0.15) is 0 Å². The average molecular weight is 384 g/mol. The third-order valence-electron chi connectivity index (χ3n) is 6.08. The Bertz CT molecular complexity index is 865. The van der Waals surface area contributed by atoms with Crippen LogP contribution in [0.1, 0.15) is 49.8 Å². The molecule has 1 aliphatic heterocycles. The molecule has 6 heteroatoms. The van der Waals surface area contributed by atoms with Gasteiger partial charge >= 0.3 is 6.09 Å². The maximum Gasteiger partial charge on any atom is 0.407 e. The van der Waals surface area contributed by atoms with Gasteiger partial charge in [-0.25, -0.2) is 4.79 Å². The van der Waals surface area contributed by atoms with Crippen molar-refractivity contribution in [3.8, 4) is 5.75 Å². The van der Waals surface area contributed by atoms with Gasteiger partial charge in [-0.1, -0.05) is 11.2 Å². The first kappa shape index (κ1) is 18.8. The van der Waals surface area contributed by atoms with E-state index in [4.69, 9.17) is 14.4 Å². The normalized spacial score (nSPS) is 20.6. The Labute approximate surface area is 165 Å². The zero-order chi connectivity index (χ0) is 19.5. The largest absolute Gasteiger partial charge is 0.486 e. The molecule has 1 aromatic heterocycles. The van der Waals surface area contributed by atoms with E-state index in [1.54, 1.807) is 0 Å².